The molecule has 0 unspecified atom stereocenters. The van der Waals surface area contributed by atoms with Gasteiger partial charge in [0.15, 0.2) is 0 Å². The van der Waals surface area contributed by atoms with Crippen LogP contribution in [-0.4, -0.2) is 49.1 Å². The monoisotopic (exact) mass is 302 g/mol. The Morgan fingerprint density at radius 1 is 1.27 bits per heavy atom. The van der Waals surface area contributed by atoms with Gasteiger partial charge < -0.3 is 14.5 Å². The highest BCUT2D eigenvalue weighted by atomic mass is 16.5. The van der Waals surface area contributed by atoms with E-state index in [-0.39, 0.29) is 17.9 Å². The van der Waals surface area contributed by atoms with Gasteiger partial charge in [0, 0.05) is 31.7 Å². The molecule has 0 aliphatic carbocycles. The van der Waals surface area contributed by atoms with E-state index in [1.165, 1.54) is 0 Å². The lowest BCUT2D eigenvalue weighted by atomic mass is 10.1. The van der Waals surface area contributed by atoms with E-state index in [1.807, 2.05) is 41.0 Å². The standard InChI is InChI=1S/C17H22N2O3/c1-13-12-18(9-10-22-13)17(21)11-14-4-6-15(7-5-14)19-8-2-3-16(19)20/h4-7,13H,2-3,8-12H2,1H3/t13-/m1/s1. The molecule has 2 fully saturated rings. The third-order valence-electron chi connectivity index (χ3n) is 4.27. The minimum Gasteiger partial charge on any atom is -0.375 e. The van der Waals surface area contributed by atoms with Gasteiger partial charge in [-0.25, -0.2) is 0 Å². The van der Waals surface area contributed by atoms with Gasteiger partial charge in [0.25, 0.3) is 0 Å². The number of benzene rings is 1. The van der Waals surface area contributed by atoms with Gasteiger partial charge in [-0.2, -0.15) is 0 Å². The second kappa shape index (κ2) is 6.48. The first-order chi connectivity index (χ1) is 10.6. The molecule has 5 heteroatoms. The number of rotatable bonds is 3. The van der Waals surface area contributed by atoms with Crippen LogP contribution in [0.3, 0.4) is 0 Å². The first kappa shape index (κ1) is 15.0. The Hall–Kier alpha value is -1.88. The third-order valence-corrected chi connectivity index (χ3v) is 4.27. The molecule has 2 aliphatic rings. The summed E-state index contributed by atoms with van der Waals surface area (Å²) in [6, 6.07) is 7.77. The van der Waals surface area contributed by atoms with Crippen molar-refractivity contribution in [3.8, 4) is 0 Å². The van der Waals surface area contributed by atoms with E-state index in [4.69, 9.17) is 4.74 Å². The number of anilines is 1. The summed E-state index contributed by atoms with van der Waals surface area (Å²) in [5.41, 5.74) is 1.92. The first-order valence-corrected chi connectivity index (χ1v) is 7.92. The summed E-state index contributed by atoms with van der Waals surface area (Å²) in [6.45, 7) is 4.73. The van der Waals surface area contributed by atoms with Crippen molar-refractivity contribution < 1.29 is 14.3 Å². The predicted octanol–water partition coefficient (Wildman–Crippen LogP) is 1.60. The minimum absolute atomic E-state index is 0.112. The van der Waals surface area contributed by atoms with Crippen molar-refractivity contribution in [3.63, 3.8) is 0 Å². The van der Waals surface area contributed by atoms with Crippen molar-refractivity contribution in [2.24, 2.45) is 0 Å². The zero-order chi connectivity index (χ0) is 15.5. The van der Waals surface area contributed by atoms with E-state index >= 15 is 0 Å². The summed E-state index contributed by atoms with van der Waals surface area (Å²) < 4.78 is 5.46. The summed E-state index contributed by atoms with van der Waals surface area (Å²) in [5.74, 6) is 0.325. The van der Waals surface area contributed by atoms with Crippen molar-refractivity contribution in [1.29, 1.82) is 0 Å². The lowest BCUT2D eigenvalue weighted by Crippen LogP contribution is -2.45. The highest BCUT2D eigenvalue weighted by Crippen LogP contribution is 2.22. The molecule has 0 N–H and O–H groups in total. The third kappa shape index (κ3) is 3.30. The van der Waals surface area contributed by atoms with Crippen LogP contribution in [0.15, 0.2) is 24.3 Å². The molecule has 3 rings (SSSR count). The van der Waals surface area contributed by atoms with Crippen LogP contribution in [0, 0.1) is 0 Å². The summed E-state index contributed by atoms with van der Waals surface area (Å²) in [5, 5.41) is 0. The van der Waals surface area contributed by atoms with Crippen molar-refractivity contribution >= 4 is 17.5 Å². The fraction of sp³-hybridized carbons (Fsp3) is 0.529. The Morgan fingerprint density at radius 2 is 2.05 bits per heavy atom. The summed E-state index contributed by atoms with van der Waals surface area (Å²) >= 11 is 0. The fourth-order valence-electron chi connectivity index (χ4n) is 3.05. The van der Waals surface area contributed by atoms with Gasteiger partial charge in [0.2, 0.25) is 11.8 Å². The maximum absolute atomic E-state index is 12.3. The highest BCUT2D eigenvalue weighted by Gasteiger charge is 2.23. The number of nitrogens with zero attached hydrogens (tertiary/aromatic N) is 2. The van der Waals surface area contributed by atoms with Gasteiger partial charge in [-0.1, -0.05) is 12.1 Å². The molecule has 1 aromatic rings. The summed E-state index contributed by atoms with van der Waals surface area (Å²) in [7, 11) is 0. The number of amides is 2. The van der Waals surface area contributed by atoms with Crippen molar-refractivity contribution in [2.45, 2.75) is 32.3 Å². The number of carbonyl (C=O) groups excluding carboxylic acids is 2. The molecule has 2 amide bonds. The molecule has 22 heavy (non-hydrogen) atoms. The zero-order valence-electron chi connectivity index (χ0n) is 13.0. The molecule has 2 aliphatic heterocycles. The van der Waals surface area contributed by atoms with Crippen LogP contribution in [0.1, 0.15) is 25.3 Å². The van der Waals surface area contributed by atoms with E-state index < -0.39 is 0 Å². The molecule has 0 bridgehead atoms. The zero-order valence-corrected chi connectivity index (χ0v) is 13.0. The van der Waals surface area contributed by atoms with Gasteiger partial charge in [-0.15, -0.1) is 0 Å². The maximum atomic E-state index is 12.3. The molecular formula is C17H22N2O3. The van der Waals surface area contributed by atoms with Crippen LogP contribution in [0.4, 0.5) is 5.69 Å². The number of hydrogen-bond donors (Lipinski definition) is 0. The van der Waals surface area contributed by atoms with Crippen LogP contribution in [0.2, 0.25) is 0 Å². The van der Waals surface area contributed by atoms with E-state index in [2.05, 4.69) is 0 Å². The van der Waals surface area contributed by atoms with Crippen LogP contribution in [-0.2, 0) is 20.7 Å². The highest BCUT2D eigenvalue weighted by molar-refractivity contribution is 5.95. The van der Waals surface area contributed by atoms with Crippen molar-refractivity contribution in [2.75, 3.05) is 31.1 Å². The molecule has 5 nitrogen and oxygen atoms in total. The molecule has 2 saturated heterocycles. The summed E-state index contributed by atoms with van der Waals surface area (Å²) in [4.78, 5) is 27.7. The van der Waals surface area contributed by atoms with Crippen molar-refractivity contribution in [1.82, 2.24) is 4.90 Å². The minimum atomic E-state index is 0.112. The first-order valence-electron chi connectivity index (χ1n) is 7.92. The lowest BCUT2D eigenvalue weighted by molar-refractivity contribution is -0.137. The smallest absolute Gasteiger partial charge is 0.227 e. The summed E-state index contributed by atoms with van der Waals surface area (Å²) in [6.07, 6.45) is 2.08. The molecule has 0 saturated carbocycles. The Kier molecular flexibility index (Phi) is 4.43. The SMILES string of the molecule is C[C@@H]1CN(C(=O)Cc2ccc(N3CCCC3=O)cc2)CCO1. The second-order valence-corrected chi connectivity index (χ2v) is 6.01. The molecule has 118 valence electrons. The molecule has 2 heterocycles. The van der Waals surface area contributed by atoms with E-state index in [9.17, 15) is 9.59 Å². The molecule has 1 aromatic carbocycles. The van der Waals surface area contributed by atoms with Crippen LogP contribution in [0.25, 0.3) is 0 Å². The van der Waals surface area contributed by atoms with Gasteiger partial charge in [-0.3, -0.25) is 9.59 Å². The Morgan fingerprint density at radius 3 is 2.68 bits per heavy atom. The average molecular weight is 302 g/mol. The fourth-order valence-corrected chi connectivity index (χ4v) is 3.05. The number of carbonyl (C=O) groups is 2. The number of ether oxygens (including phenoxy) is 1. The Labute approximate surface area is 130 Å². The largest absolute Gasteiger partial charge is 0.375 e. The van der Waals surface area contributed by atoms with E-state index in [0.29, 0.717) is 32.5 Å². The molecule has 0 spiro atoms. The van der Waals surface area contributed by atoms with E-state index in [0.717, 1.165) is 24.2 Å². The predicted molar refractivity (Wildman–Crippen MR) is 83.7 cm³/mol. The maximum Gasteiger partial charge on any atom is 0.227 e. The van der Waals surface area contributed by atoms with Gasteiger partial charge in [0.05, 0.1) is 19.1 Å². The molecular weight excluding hydrogens is 280 g/mol. The average Bonchev–Trinajstić information content (AvgIpc) is 2.94. The van der Waals surface area contributed by atoms with E-state index in [1.54, 1.807) is 0 Å². The number of hydrogen-bond acceptors (Lipinski definition) is 3. The second-order valence-electron chi connectivity index (χ2n) is 6.01. The number of morpholine rings is 1. The molecule has 1 atom stereocenters. The van der Waals surface area contributed by atoms with Crippen LogP contribution < -0.4 is 4.90 Å². The van der Waals surface area contributed by atoms with Gasteiger partial charge >= 0.3 is 0 Å². The topological polar surface area (TPSA) is 49.9 Å². The Balaban J connectivity index is 1.61. The Bertz CT molecular complexity index is 556. The van der Waals surface area contributed by atoms with Gasteiger partial charge in [0.1, 0.15) is 0 Å². The molecule has 0 radical (unpaired) electrons. The van der Waals surface area contributed by atoms with Crippen molar-refractivity contribution in [3.05, 3.63) is 29.8 Å². The molecule has 0 aromatic heterocycles. The van der Waals surface area contributed by atoms with Crippen LogP contribution >= 0.6 is 0 Å². The van der Waals surface area contributed by atoms with Gasteiger partial charge in [-0.05, 0) is 31.0 Å². The lowest BCUT2D eigenvalue weighted by Gasteiger charge is -2.31. The quantitative estimate of drug-likeness (QED) is 0.852. The van der Waals surface area contributed by atoms with Crippen LogP contribution in [0.5, 0.6) is 0 Å². The normalized spacial score (nSPS) is 22.2.